The van der Waals surface area contributed by atoms with Gasteiger partial charge in [-0.15, -0.1) is 0 Å². The van der Waals surface area contributed by atoms with Gasteiger partial charge in [-0.1, -0.05) is 42.5 Å². The summed E-state index contributed by atoms with van der Waals surface area (Å²) in [6, 6.07) is 18.8. The molecule has 4 heteroatoms. The minimum Gasteiger partial charge on any atom is -0.490 e. The van der Waals surface area contributed by atoms with E-state index in [2.05, 4.69) is 30.3 Å². The first-order valence-electron chi connectivity index (χ1n) is 9.41. The van der Waals surface area contributed by atoms with Crippen molar-refractivity contribution in [1.29, 1.82) is 0 Å². The molecule has 1 saturated heterocycles. The van der Waals surface area contributed by atoms with Crippen molar-refractivity contribution in [1.82, 2.24) is 0 Å². The molecule has 0 bridgehead atoms. The standard InChI is InChI=1S/C21H28N2O2/c1-2-24-20-10-6-7-11-21(20)25-17-16-22-12-14-23(15-13-22)18-19-8-4-3-5-9-19/h3-11H,2,12-18H2,1H3/p+2. The predicted molar refractivity (Wildman–Crippen MR) is 99.5 cm³/mol. The number of hydrogen-bond donors (Lipinski definition) is 2. The smallest absolute Gasteiger partial charge is 0.161 e. The molecule has 2 aromatic rings. The van der Waals surface area contributed by atoms with Crippen LogP contribution in [0.3, 0.4) is 0 Å². The molecule has 0 spiro atoms. The topological polar surface area (TPSA) is 27.3 Å². The monoisotopic (exact) mass is 342 g/mol. The first kappa shape index (κ1) is 17.8. The van der Waals surface area contributed by atoms with Crippen LogP contribution in [0.5, 0.6) is 11.5 Å². The van der Waals surface area contributed by atoms with E-state index in [9.17, 15) is 0 Å². The van der Waals surface area contributed by atoms with E-state index in [-0.39, 0.29) is 0 Å². The quantitative estimate of drug-likeness (QED) is 0.729. The zero-order chi connectivity index (χ0) is 17.3. The van der Waals surface area contributed by atoms with E-state index in [4.69, 9.17) is 9.47 Å². The summed E-state index contributed by atoms with van der Waals surface area (Å²) in [6.45, 7) is 10.5. The highest BCUT2D eigenvalue weighted by molar-refractivity contribution is 5.39. The maximum atomic E-state index is 5.96. The summed E-state index contributed by atoms with van der Waals surface area (Å²) in [5, 5.41) is 0. The fourth-order valence-corrected chi connectivity index (χ4v) is 3.42. The lowest BCUT2D eigenvalue weighted by Crippen LogP contribution is -3.27. The van der Waals surface area contributed by atoms with Crippen molar-refractivity contribution in [3.8, 4) is 11.5 Å². The van der Waals surface area contributed by atoms with Gasteiger partial charge < -0.3 is 19.3 Å². The Hall–Kier alpha value is -2.04. The van der Waals surface area contributed by atoms with E-state index in [0.717, 1.165) is 31.2 Å². The third kappa shape index (κ3) is 5.48. The number of nitrogens with one attached hydrogen (secondary N) is 2. The van der Waals surface area contributed by atoms with E-state index in [1.165, 1.54) is 31.7 Å². The molecule has 0 saturated carbocycles. The average molecular weight is 342 g/mol. The van der Waals surface area contributed by atoms with Gasteiger partial charge >= 0.3 is 0 Å². The Balaban J connectivity index is 1.38. The summed E-state index contributed by atoms with van der Waals surface area (Å²) in [5.41, 5.74) is 1.44. The molecule has 0 aromatic heterocycles. The lowest BCUT2D eigenvalue weighted by Gasteiger charge is -2.29. The molecule has 1 aliphatic heterocycles. The van der Waals surface area contributed by atoms with Crippen molar-refractivity contribution in [2.75, 3.05) is 45.9 Å². The van der Waals surface area contributed by atoms with Gasteiger partial charge in [0.1, 0.15) is 45.9 Å². The molecule has 1 aliphatic rings. The van der Waals surface area contributed by atoms with Crippen molar-refractivity contribution in [2.24, 2.45) is 0 Å². The molecule has 0 atom stereocenters. The summed E-state index contributed by atoms with van der Waals surface area (Å²) in [4.78, 5) is 3.34. The Bertz CT molecular complexity index is 625. The molecule has 3 rings (SSSR count). The molecule has 0 aliphatic carbocycles. The van der Waals surface area contributed by atoms with Crippen LogP contribution in [0.25, 0.3) is 0 Å². The molecular formula is C21H30N2O2+2. The Morgan fingerprint density at radius 1 is 0.760 bits per heavy atom. The van der Waals surface area contributed by atoms with Crippen LogP contribution in [-0.4, -0.2) is 45.9 Å². The van der Waals surface area contributed by atoms with E-state index >= 15 is 0 Å². The van der Waals surface area contributed by atoms with Crippen LogP contribution in [0, 0.1) is 0 Å². The zero-order valence-electron chi connectivity index (χ0n) is 15.2. The predicted octanol–water partition coefficient (Wildman–Crippen LogP) is 0.448. The molecule has 2 aromatic carbocycles. The van der Waals surface area contributed by atoms with Crippen LogP contribution in [0.15, 0.2) is 54.6 Å². The molecule has 0 radical (unpaired) electrons. The molecule has 25 heavy (non-hydrogen) atoms. The summed E-state index contributed by atoms with van der Waals surface area (Å²) < 4.78 is 11.6. The molecule has 4 nitrogen and oxygen atoms in total. The highest BCUT2D eigenvalue weighted by atomic mass is 16.5. The van der Waals surface area contributed by atoms with Crippen molar-refractivity contribution in [2.45, 2.75) is 13.5 Å². The number of hydrogen-bond acceptors (Lipinski definition) is 2. The van der Waals surface area contributed by atoms with Gasteiger partial charge in [-0.2, -0.15) is 0 Å². The fourth-order valence-electron chi connectivity index (χ4n) is 3.42. The van der Waals surface area contributed by atoms with Gasteiger partial charge in [0.05, 0.1) is 6.61 Å². The summed E-state index contributed by atoms with van der Waals surface area (Å²) in [6.07, 6.45) is 0. The van der Waals surface area contributed by atoms with Gasteiger partial charge in [-0.3, -0.25) is 0 Å². The number of benzene rings is 2. The van der Waals surface area contributed by atoms with Crippen molar-refractivity contribution in [3.05, 3.63) is 60.2 Å². The average Bonchev–Trinajstić information content (AvgIpc) is 2.66. The van der Waals surface area contributed by atoms with E-state index in [1.54, 1.807) is 9.80 Å². The van der Waals surface area contributed by atoms with Crippen LogP contribution in [0.2, 0.25) is 0 Å². The first-order chi connectivity index (χ1) is 12.3. The Morgan fingerprint density at radius 3 is 2.04 bits per heavy atom. The zero-order valence-corrected chi connectivity index (χ0v) is 15.2. The van der Waals surface area contributed by atoms with Crippen LogP contribution in [-0.2, 0) is 6.54 Å². The van der Waals surface area contributed by atoms with Gasteiger partial charge in [-0.25, -0.2) is 0 Å². The molecule has 0 unspecified atom stereocenters. The molecule has 0 amide bonds. The minimum atomic E-state index is 0.664. The van der Waals surface area contributed by atoms with Gasteiger partial charge in [0.15, 0.2) is 11.5 Å². The SMILES string of the molecule is CCOc1ccccc1OCC[NH+]1CC[NH+](Cc2ccccc2)CC1. The number of para-hydroxylation sites is 2. The molecule has 1 heterocycles. The second kappa shape index (κ2) is 9.44. The minimum absolute atomic E-state index is 0.664. The van der Waals surface area contributed by atoms with Gasteiger partial charge in [-0.05, 0) is 19.1 Å². The maximum absolute atomic E-state index is 5.96. The number of rotatable bonds is 8. The third-order valence-electron chi connectivity index (χ3n) is 4.82. The fraction of sp³-hybridized carbons (Fsp3) is 0.429. The summed E-state index contributed by atoms with van der Waals surface area (Å²) >= 11 is 0. The van der Waals surface area contributed by atoms with Gasteiger partial charge in [0.25, 0.3) is 0 Å². The molecule has 1 fully saturated rings. The number of ether oxygens (including phenoxy) is 2. The van der Waals surface area contributed by atoms with Gasteiger partial charge in [0.2, 0.25) is 0 Å². The highest BCUT2D eigenvalue weighted by Crippen LogP contribution is 2.25. The van der Waals surface area contributed by atoms with Crippen molar-refractivity contribution in [3.63, 3.8) is 0 Å². The van der Waals surface area contributed by atoms with Crippen molar-refractivity contribution < 1.29 is 19.3 Å². The van der Waals surface area contributed by atoms with Crippen LogP contribution in [0.1, 0.15) is 12.5 Å². The molecule has 134 valence electrons. The summed E-state index contributed by atoms with van der Waals surface area (Å²) in [5.74, 6) is 1.70. The lowest BCUT2D eigenvalue weighted by molar-refractivity contribution is -1.02. The number of quaternary nitrogens is 2. The van der Waals surface area contributed by atoms with E-state index in [0.29, 0.717) is 6.61 Å². The number of piperazine rings is 1. The summed E-state index contributed by atoms with van der Waals surface area (Å²) in [7, 11) is 0. The lowest BCUT2D eigenvalue weighted by atomic mass is 10.2. The third-order valence-corrected chi connectivity index (χ3v) is 4.82. The second-order valence-electron chi connectivity index (χ2n) is 6.64. The van der Waals surface area contributed by atoms with Crippen LogP contribution < -0.4 is 19.3 Å². The molecule has 2 N–H and O–H groups in total. The van der Waals surface area contributed by atoms with E-state index < -0.39 is 0 Å². The Kier molecular flexibility index (Phi) is 6.71. The van der Waals surface area contributed by atoms with Gasteiger partial charge in [0, 0.05) is 5.56 Å². The maximum Gasteiger partial charge on any atom is 0.161 e. The molecular weight excluding hydrogens is 312 g/mol. The normalized spacial score (nSPS) is 20.2. The largest absolute Gasteiger partial charge is 0.490 e. The first-order valence-corrected chi connectivity index (χ1v) is 9.41. The van der Waals surface area contributed by atoms with E-state index in [1.807, 2.05) is 31.2 Å². The highest BCUT2D eigenvalue weighted by Gasteiger charge is 2.22. The second-order valence-corrected chi connectivity index (χ2v) is 6.64. The van der Waals surface area contributed by atoms with Crippen LogP contribution in [0.4, 0.5) is 0 Å². The Morgan fingerprint density at radius 2 is 1.36 bits per heavy atom. The van der Waals surface area contributed by atoms with Crippen LogP contribution >= 0.6 is 0 Å². The Labute approximate surface area is 151 Å². The van der Waals surface area contributed by atoms with Crippen molar-refractivity contribution >= 4 is 0 Å².